The molecule has 0 saturated heterocycles. The summed E-state index contributed by atoms with van der Waals surface area (Å²) in [5, 5.41) is 0. The van der Waals surface area contributed by atoms with Gasteiger partial charge in [0.05, 0.1) is 0 Å². The second kappa shape index (κ2) is 17.6. The van der Waals surface area contributed by atoms with Crippen molar-refractivity contribution in [2.75, 3.05) is 0 Å². The van der Waals surface area contributed by atoms with E-state index in [2.05, 4.69) is 32.0 Å². The first kappa shape index (κ1) is 23.7. The fraction of sp³-hybridized carbons (Fsp3) is 0.526. The molecule has 0 saturated carbocycles. The second-order valence-corrected chi connectivity index (χ2v) is 3.64. The second-order valence-electron chi connectivity index (χ2n) is 3.64. The summed E-state index contributed by atoms with van der Waals surface area (Å²) in [6.45, 7) is 17.8. The van der Waals surface area contributed by atoms with E-state index in [1.165, 1.54) is 16.7 Å². The van der Waals surface area contributed by atoms with Crippen LogP contribution in [-0.4, -0.2) is 5.78 Å². The van der Waals surface area contributed by atoms with Crippen LogP contribution in [-0.2, 0) is 11.2 Å². The monoisotopic (exact) mass is 278 g/mol. The van der Waals surface area contributed by atoms with Crippen molar-refractivity contribution < 1.29 is 4.79 Å². The zero-order chi connectivity index (χ0) is 16.6. The molecule has 0 unspecified atom stereocenters. The zero-order valence-electron chi connectivity index (χ0n) is 15.0. The van der Waals surface area contributed by atoms with Crippen molar-refractivity contribution in [1.29, 1.82) is 0 Å². The quantitative estimate of drug-likeness (QED) is 0.613. The third-order valence-electron chi connectivity index (χ3n) is 2.28. The van der Waals surface area contributed by atoms with Crippen LogP contribution < -0.4 is 0 Å². The lowest BCUT2D eigenvalue weighted by molar-refractivity contribution is -0.112. The predicted octanol–water partition coefficient (Wildman–Crippen LogP) is 6.07. The van der Waals surface area contributed by atoms with Crippen LogP contribution in [0.25, 0.3) is 0 Å². The maximum atomic E-state index is 10.7. The van der Waals surface area contributed by atoms with E-state index in [0.717, 1.165) is 6.42 Å². The van der Waals surface area contributed by atoms with Crippen LogP contribution in [0.2, 0.25) is 0 Å². The number of allylic oxidation sites excluding steroid dienone is 2. The van der Waals surface area contributed by atoms with E-state index in [1.807, 2.05) is 47.6 Å². The van der Waals surface area contributed by atoms with Gasteiger partial charge in [-0.3, -0.25) is 4.79 Å². The van der Waals surface area contributed by atoms with Gasteiger partial charge in [0.2, 0.25) is 0 Å². The van der Waals surface area contributed by atoms with Gasteiger partial charge in [-0.15, -0.1) is 0 Å². The van der Waals surface area contributed by atoms with E-state index in [-0.39, 0.29) is 5.78 Å². The highest BCUT2D eigenvalue weighted by Crippen LogP contribution is 2.10. The molecule has 0 aliphatic rings. The van der Waals surface area contributed by atoms with Crippen LogP contribution in [0.3, 0.4) is 0 Å². The van der Waals surface area contributed by atoms with Crippen molar-refractivity contribution in [2.45, 2.75) is 68.7 Å². The average Bonchev–Trinajstić information content (AvgIpc) is 2.49. The highest BCUT2D eigenvalue weighted by atomic mass is 16.1. The standard InChI is InChI=1S/C13H16O.3C2H6/c1-10-7-8-13(9-11(10)2)6-4-5-12(3)14;3*1-2/h4-5,7-9H,6H2,1-3H3;3*1-2H3/b5-4+;;;. The first-order chi connectivity index (χ1) is 9.59. The summed E-state index contributed by atoms with van der Waals surface area (Å²) in [6, 6.07) is 6.39. The molecule has 0 heterocycles. The molecular formula is C19H34O. The van der Waals surface area contributed by atoms with Crippen LogP contribution in [0.15, 0.2) is 30.4 Å². The molecule has 0 atom stereocenters. The Morgan fingerprint density at radius 1 is 0.950 bits per heavy atom. The Bertz CT molecular complexity index is 362. The Labute approximate surface area is 127 Å². The van der Waals surface area contributed by atoms with Gasteiger partial charge in [-0.25, -0.2) is 0 Å². The van der Waals surface area contributed by atoms with Crippen molar-refractivity contribution in [1.82, 2.24) is 0 Å². The van der Waals surface area contributed by atoms with E-state index in [0.29, 0.717) is 0 Å². The molecule has 0 spiro atoms. The molecule has 0 aromatic heterocycles. The minimum atomic E-state index is 0.105. The molecule has 0 fully saturated rings. The smallest absolute Gasteiger partial charge is 0.152 e. The van der Waals surface area contributed by atoms with E-state index < -0.39 is 0 Å². The summed E-state index contributed by atoms with van der Waals surface area (Å²) < 4.78 is 0. The lowest BCUT2D eigenvalue weighted by Crippen LogP contribution is -1.87. The fourth-order valence-corrected chi connectivity index (χ4v) is 1.29. The molecule has 0 aliphatic carbocycles. The topological polar surface area (TPSA) is 17.1 Å². The molecule has 116 valence electrons. The predicted molar refractivity (Wildman–Crippen MR) is 93.5 cm³/mol. The van der Waals surface area contributed by atoms with Gasteiger partial charge in [-0.05, 0) is 50.0 Å². The molecule has 0 aliphatic heterocycles. The first-order valence-corrected chi connectivity index (χ1v) is 7.83. The van der Waals surface area contributed by atoms with Gasteiger partial charge >= 0.3 is 0 Å². The molecule has 0 bridgehead atoms. The van der Waals surface area contributed by atoms with Crippen LogP contribution in [0.5, 0.6) is 0 Å². The number of aryl methyl sites for hydroxylation is 2. The fourth-order valence-electron chi connectivity index (χ4n) is 1.29. The minimum Gasteiger partial charge on any atom is -0.295 e. The van der Waals surface area contributed by atoms with Gasteiger partial charge in [0.25, 0.3) is 0 Å². The molecule has 0 amide bonds. The molecule has 1 aromatic carbocycles. The lowest BCUT2D eigenvalue weighted by atomic mass is 10.0. The van der Waals surface area contributed by atoms with Gasteiger partial charge in [-0.1, -0.05) is 65.8 Å². The van der Waals surface area contributed by atoms with Gasteiger partial charge in [0.1, 0.15) is 0 Å². The number of carbonyl (C=O) groups excluding carboxylic acids is 1. The highest BCUT2D eigenvalue weighted by Gasteiger charge is 1.94. The van der Waals surface area contributed by atoms with Crippen molar-refractivity contribution >= 4 is 5.78 Å². The van der Waals surface area contributed by atoms with Crippen LogP contribution >= 0.6 is 0 Å². The zero-order valence-corrected chi connectivity index (χ0v) is 15.0. The van der Waals surface area contributed by atoms with Crippen LogP contribution in [0.4, 0.5) is 0 Å². The molecule has 1 rings (SSSR count). The summed E-state index contributed by atoms with van der Waals surface area (Å²) in [6.07, 6.45) is 4.36. The average molecular weight is 278 g/mol. The number of benzene rings is 1. The number of hydrogen-bond acceptors (Lipinski definition) is 1. The Kier molecular flexibility index (Phi) is 20.9. The van der Waals surface area contributed by atoms with Gasteiger partial charge in [0.15, 0.2) is 5.78 Å². The number of rotatable bonds is 3. The van der Waals surface area contributed by atoms with E-state index >= 15 is 0 Å². The summed E-state index contributed by atoms with van der Waals surface area (Å²) in [4.78, 5) is 10.7. The Morgan fingerprint density at radius 2 is 1.45 bits per heavy atom. The van der Waals surface area contributed by atoms with Crippen LogP contribution in [0.1, 0.15) is 65.2 Å². The van der Waals surface area contributed by atoms with Crippen molar-refractivity contribution in [2.24, 2.45) is 0 Å². The molecule has 1 aromatic rings. The number of hydrogen-bond donors (Lipinski definition) is 0. The molecular weight excluding hydrogens is 244 g/mol. The van der Waals surface area contributed by atoms with E-state index in [9.17, 15) is 4.79 Å². The molecule has 1 heteroatoms. The lowest BCUT2D eigenvalue weighted by Gasteiger charge is -2.02. The van der Waals surface area contributed by atoms with Crippen molar-refractivity contribution in [3.63, 3.8) is 0 Å². The third-order valence-corrected chi connectivity index (χ3v) is 2.28. The van der Waals surface area contributed by atoms with E-state index in [4.69, 9.17) is 0 Å². The largest absolute Gasteiger partial charge is 0.295 e. The van der Waals surface area contributed by atoms with E-state index in [1.54, 1.807) is 13.0 Å². The van der Waals surface area contributed by atoms with Crippen LogP contribution in [0, 0.1) is 13.8 Å². The number of carbonyl (C=O) groups is 1. The summed E-state index contributed by atoms with van der Waals surface area (Å²) >= 11 is 0. The molecule has 0 radical (unpaired) electrons. The minimum absolute atomic E-state index is 0.105. The highest BCUT2D eigenvalue weighted by molar-refractivity contribution is 5.87. The normalized spacial score (nSPS) is 8.45. The number of ketones is 1. The maximum Gasteiger partial charge on any atom is 0.152 e. The van der Waals surface area contributed by atoms with Gasteiger partial charge in [-0.2, -0.15) is 0 Å². The van der Waals surface area contributed by atoms with Gasteiger partial charge in [0, 0.05) is 0 Å². The Balaban J connectivity index is -0.000000425. The molecule has 1 nitrogen and oxygen atoms in total. The molecule has 0 N–H and O–H groups in total. The summed E-state index contributed by atoms with van der Waals surface area (Å²) in [5.74, 6) is 0.105. The maximum absolute atomic E-state index is 10.7. The molecule has 20 heavy (non-hydrogen) atoms. The third kappa shape index (κ3) is 13.1. The van der Waals surface area contributed by atoms with Gasteiger partial charge < -0.3 is 0 Å². The SMILES string of the molecule is CC.CC.CC.CC(=O)/C=C/Cc1ccc(C)c(C)c1. The first-order valence-electron chi connectivity index (χ1n) is 7.83. The Hall–Kier alpha value is -1.37. The summed E-state index contributed by atoms with van der Waals surface area (Å²) in [7, 11) is 0. The Morgan fingerprint density at radius 3 is 1.85 bits per heavy atom. The summed E-state index contributed by atoms with van der Waals surface area (Å²) in [5.41, 5.74) is 3.87. The van der Waals surface area contributed by atoms with Crippen molar-refractivity contribution in [3.8, 4) is 0 Å². The van der Waals surface area contributed by atoms with Crippen molar-refractivity contribution in [3.05, 3.63) is 47.0 Å².